The van der Waals surface area contributed by atoms with Gasteiger partial charge < -0.3 is 10.0 Å². The highest BCUT2D eigenvalue weighted by atomic mass is 35.5. The maximum absolute atomic E-state index is 12.7. The highest BCUT2D eigenvalue weighted by Crippen LogP contribution is 2.21. The van der Waals surface area contributed by atoms with E-state index in [1.165, 1.54) is 0 Å². The van der Waals surface area contributed by atoms with Gasteiger partial charge in [0.25, 0.3) is 5.91 Å². The van der Waals surface area contributed by atoms with Crippen LogP contribution in [0.25, 0.3) is 5.69 Å². The van der Waals surface area contributed by atoms with Crippen molar-refractivity contribution in [2.24, 2.45) is 5.92 Å². The van der Waals surface area contributed by atoms with Gasteiger partial charge in [0.1, 0.15) is 0 Å². The topological polar surface area (TPSA) is 71.2 Å². The van der Waals surface area contributed by atoms with Crippen molar-refractivity contribution in [2.45, 2.75) is 19.8 Å². The third-order valence-corrected chi connectivity index (χ3v) is 4.42. The number of aromatic nitrogens is 3. The summed E-state index contributed by atoms with van der Waals surface area (Å²) in [6, 6.07) is 7.30. The fourth-order valence-corrected chi connectivity index (χ4v) is 3.10. The second-order valence-corrected chi connectivity index (χ2v) is 6.15. The summed E-state index contributed by atoms with van der Waals surface area (Å²) in [4.78, 5) is 14.4. The van der Waals surface area contributed by atoms with Crippen molar-refractivity contribution in [3.63, 3.8) is 0 Å². The van der Waals surface area contributed by atoms with E-state index < -0.39 is 0 Å². The molecule has 1 N–H and O–H groups in total. The van der Waals surface area contributed by atoms with Gasteiger partial charge in [-0.3, -0.25) is 4.79 Å². The van der Waals surface area contributed by atoms with Crippen LogP contribution >= 0.6 is 11.6 Å². The lowest BCUT2D eigenvalue weighted by Gasteiger charge is -2.15. The molecule has 23 heavy (non-hydrogen) atoms. The molecule has 1 fully saturated rings. The third kappa shape index (κ3) is 3.09. The first-order valence-corrected chi connectivity index (χ1v) is 8.12. The number of aliphatic hydroxyl groups is 1. The molecular weight excluding hydrogens is 316 g/mol. The van der Waals surface area contributed by atoms with Crippen LogP contribution in [0.5, 0.6) is 0 Å². The summed E-state index contributed by atoms with van der Waals surface area (Å²) < 4.78 is 1.67. The summed E-state index contributed by atoms with van der Waals surface area (Å²) in [7, 11) is 0. The minimum absolute atomic E-state index is 0.111. The fourth-order valence-electron chi connectivity index (χ4n) is 2.92. The fraction of sp³-hybridized carbons (Fsp3) is 0.438. The van der Waals surface area contributed by atoms with Crippen molar-refractivity contribution >= 4 is 17.5 Å². The molecule has 0 bridgehead atoms. The average molecular weight is 335 g/mol. The van der Waals surface area contributed by atoms with Crippen LogP contribution in [0.15, 0.2) is 24.3 Å². The van der Waals surface area contributed by atoms with E-state index in [0.29, 0.717) is 30.2 Å². The van der Waals surface area contributed by atoms with Crippen LogP contribution in [0.3, 0.4) is 0 Å². The van der Waals surface area contributed by atoms with Crippen molar-refractivity contribution in [2.75, 3.05) is 19.7 Å². The first-order valence-electron chi connectivity index (χ1n) is 7.74. The molecule has 1 aliphatic heterocycles. The maximum Gasteiger partial charge on any atom is 0.276 e. The summed E-state index contributed by atoms with van der Waals surface area (Å²) in [6.07, 6.45) is 1.46. The number of halogens is 1. The smallest absolute Gasteiger partial charge is 0.276 e. The lowest BCUT2D eigenvalue weighted by molar-refractivity contribution is 0.0775. The van der Waals surface area contributed by atoms with Crippen LogP contribution in [-0.2, 0) is 6.42 Å². The molecule has 0 radical (unpaired) electrons. The Kier molecular flexibility index (Phi) is 4.63. The standard InChI is InChI=1S/C16H19ClN4O2/c1-2-14-15(16(23)20-7-6-11(9-20)10-22)18-19-21(14)13-5-3-4-12(17)8-13/h3-5,8,11,22H,2,6-7,9-10H2,1H3. The maximum atomic E-state index is 12.7. The van der Waals surface area contributed by atoms with Crippen LogP contribution in [0.1, 0.15) is 29.5 Å². The second kappa shape index (κ2) is 6.68. The van der Waals surface area contributed by atoms with Crippen molar-refractivity contribution in [1.29, 1.82) is 0 Å². The Morgan fingerprint density at radius 3 is 2.96 bits per heavy atom. The van der Waals surface area contributed by atoms with E-state index in [4.69, 9.17) is 11.6 Å². The summed E-state index contributed by atoms with van der Waals surface area (Å²) in [5.41, 5.74) is 1.94. The van der Waals surface area contributed by atoms with Gasteiger partial charge in [-0.25, -0.2) is 4.68 Å². The highest BCUT2D eigenvalue weighted by molar-refractivity contribution is 6.30. The quantitative estimate of drug-likeness (QED) is 0.927. The van der Waals surface area contributed by atoms with Gasteiger partial charge in [-0.15, -0.1) is 5.10 Å². The number of carbonyl (C=O) groups excluding carboxylic acids is 1. The van der Waals surface area contributed by atoms with E-state index in [1.54, 1.807) is 21.7 Å². The molecule has 1 amide bonds. The molecule has 122 valence electrons. The van der Waals surface area contributed by atoms with Gasteiger partial charge in [0, 0.05) is 30.6 Å². The number of aliphatic hydroxyl groups excluding tert-OH is 1. The molecule has 1 saturated heterocycles. The van der Waals surface area contributed by atoms with Crippen LogP contribution in [-0.4, -0.2) is 50.6 Å². The predicted octanol–water partition coefficient (Wildman–Crippen LogP) is 1.94. The zero-order chi connectivity index (χ0) is 16.4. The number of carbonyl (C=O) groups is 1. The Morgan fingerprint density at radius 2 is 2.30 bits per heavy atom. The second-order valence-electron chi connectivity index (χ2n) is 5.72. The van der Waals surface area contributed by atoms with Gasteiger partial charge in [-0.2, -0.15) is 0 Å². The zero-order valence-corrected chi connectivity index (χ0v) is 13.7. The number of amides is 1. The molecule has 0 aliphatic carbocycles. The van der Waals surface area contributed by atoms with Crippen molar-refractivity contribution in [1.82, 2.24) is 19.9 Å². The van der Waals surface area contributed by atoms with Gasteiger partial charge in [0.15, 0.2) is 5.69 Å². The van der Waals surface area contributed by atoms with Gasteiger partial charge in [0.2, 0.25) is 0 Å². The zero-order valence-electron chi connectivity index (χ0n) is 12.9. The minimum atomic E-state index is -0.119. The molecule has 7 heteroatoms. The number of hydrogen-bond donors (Lipinski definition) is 1. The molecule has 6 nitrogen and oxygen atoms in total. The number of rotatable bonds is 4. The van der Waals surface area contributed by atoms with E-state index in [9.17, 15) is 9.90 Å². The van der Waals surface area contributed by atoms with Crippen molar-refractivity contribution < 1.29 is 9.90 Å². The summed E-state index contributed by atoms with van der Waals surface area (Å²) in [6.45, 7) is 3.30. The molecule has 2 aromatic rings. The molecule has 1 aromatic carbocycles. The molecule has 2 heterocycles. The van der Waals surface area contributed by atoms with Gasteiger partial charge in [-0.1, -0.05) is 29.8 Å². The number of hydrogen-bond acceptors (Lipinski definition) is 4. The predicted molar refractivity (Wildman–Crippen MR) is 86.8 cm³/mol. The first kappa shape index (κ1) is 16.0. The minimum Gasteiger partial charge on any atom is -0.396 e. The van der Waals surface area contributed by atoms with Crippen LogP contribution < -0.4 is 0 Å². The Hall–Kier alpha value is -1.92. The SMILES string of the molecule is CCc1c(C(=O)N2CCC(CO)C2)nnn1-c1cccc(Cl)c1. The molecule has 1 unspecified atom stereocenters. The Balaban J connectivity index is 1.91. The Bertz CT molecular complexity index is 716. The van der Waals surface area contributed by atoms with E-state index in [2.05, 4.69) is 10.3 Å². The molecule has 1 aliphatic rings. The Labute approximate surface area is 139 Å². The molecular formula is C16H19ClN4O2. The van der Waals surface area contributed by atoms with Gasteiger partial charge >= 0.3 is 0 Å². The summed E-state index contributed by atoms with van der Waals surface area (Å²) >= 11 is 6.03. The number of benzene rings is 1. The molecule has 3 rings (SSSR count). The third-order valence-electron chi connectivity index (χ3n) is 4.18. The number of nitrogens with zero attached hydrogens (tertiary/aromatic N) is 4. The lowest BCUT2D eigenvalue weighted by Crippen LogP contribution is -2.30. The normalized spacial score (nSPS) is 17.7. The number of likely N-dealkylation sites (tertiary alicyclic amines) is 1. The van der Waals surface area contributed by atoms with Gasteiger partial charge in [0.05, 0.1) is 11.4 Å². The molecule has 1 aromatic heterocycles. The van der Waals surface area contributed by atoms with E-state index in [1.807, 2.05) is 19.1 Å². The van der Waals surface area contributed by atoms with Crippen LogP contribution in [0.2, 0.25) is 5.02 Å². The average Bonchev–Trinajstić information content (AvgIpc) is 3.20. The van der Waals surface area contributed by atoms with Gasteiger partial charge in [-0.05, 0) is 31.0 Å². The molecule has 0 spiro atoms. The van der Waals surface area contributed by atoms with Crippen LogP contribution in [0, 0.1) is 5.92 Å². The van der Waals surface area contributed by atoms with Crippen molar-refractivity contribution in [3.8, 4) is 5.69 Å². The van der Waals surface area contributed by atoms with E-state index in [-0.39, 0.29) is 18.4 Å². The van der Waals surface area contributed by atoms with E-state index >= 15 is 0 Å². The largest absolute Gasteiger partial charge is 0.396 e. The lowest BCUT2D eigenvalue weighted by atomic mass is 10.1. The monoisotopic (exact) mass is 334 g/mol. The van der Waals surface area contributed by atoms with Crippen molar-refractivity contribution in [3.05, 3.63) is 40.7 Å². The summed E-state index contributed by atoms with van der Waals surface area (Å²) in [5.74, 6) is 0.0399. The highest BCUT2D eigenvalue weighted by Gasteiger charge is 2.30. The van der Waals surface area contributed by atoms with E-state index in [0.717, 1.165) is 17.8 Å². The summed E-state index contributed by atoms with van der Waals surface area (Å²) in [5, 5.41) is 18.1. The molecule has 1 atom stereocenters. The first-order chi connectivity index (χ1) is 11.1. The Morgan fingerprint density at radius 1 is 1.48 bits per heavy atom. The molecule has 0 saturated carbocycles. The van der Waals surface area contributed by atoms with Crippen LogP contribution in [0.4, 0.5) is 0 Å².